The van der Waals surface area contributed by atoms with Crippen LogP contribution in [-0.2, 0) is 11.2 Å². The molecule has 2 bridgehead atoms. The number of fused-ring (bicyclic) bond motifs is 8. The van der Waals surface area contributed by atoms with Gasteiger partial charge in [0.05, 0.1) is 18.8 Å². The van der Waals surface area contributed by atoms with Crippen LogP contribution < -0.4 is 4.74 Å². The van der Waals surface area contributed by atoms with E-state index in [0.717, 1.165) is 49.9 Å². The topological polar surface area (TPSA) is 90.3 Å². The van der Waals surface area contributed by atoms with Crippen LogP contribution in [0.5, 0.6) is 5.75 Å². The number of β-amino-alcohol motifs (C(OH)–C–C–N with tert-alkyl or cyclic N) is 1. The van der Waals surface area contributed by atoms with Crippen molar-refractivity contribution in [1.29, 1.82) is 0 Å². The zero-order chi connectivity index (χ0) is 30.8. The minimum Gasteiger partial charge on any atom is -0.497 e. The van der Waals surface area contributed by atoms with E-state index in [0.29, 0.717) is 55.8 Å². The normalized spacial score (nSPS) is 28.6. The highest BCUT2D eigenvalue weighted by Gasteiger charge is 2.57. The molecule has 2 N–H and O–H groups in total. The minimum absolute atomic E-state index is 0.0103. The van der Waals surface area contributed by atoms with Crippen LogP contribution in [0.15, 0.2) is 54.1 Å². The van der Waals surface area contributed by atoms with Gasteiger partial charge < -0.3 is 19.8 Å². The summed E-state index contributed by atoms with van der Waals surface area (Å²) in [5.41, 5.74) is 3.04. The molecule has 7 nitrogen and oxygen atoms in total. The number of hydrogen-bond acceptors (Lipinski definition) is 6. The fraction of sp³-hybridized carbons (Fsp3) is 0.556. The standard InChI is InChI=1S/C36H48N2O5/c1-25-6-5-16-35(3)33(15-17-36(35,42)24-37-18-20-38(21-19-37)26(2)39)31-14-8-27(22-29(40)11-7-25)23-32(31)34(41)28-9-12-30(43-4)13-10-28/h6,8-10,12-14,23,29,33,40,42H,5,7,11,15-22,24H2,1-4H3. The molecule has 1 heterocycles. The first kappa shape index (κ1) is 31.4. The molecule has 4 aliphatic rings. The van der Waals surface area contributed by atoms with Crippen molar-refractivity contribution >= 4 is 11.7 Å². The van der Waals surface area contributed by atoms with E-state index < -0.39 is 17.1 Å². The lowest BCUT2D eigenvalue weighted by atomic mass is 9.64. The van der Waals surface area contributed by atoms with Crippen molar-refractivity contribution in [2.24, 2.45) is 5.41 Å². The van der Waals surface area contributed by atoms with Crippen LogP contribution in [0.1, 0.15) is 92.3 Å². The first-order valence-corrected chi connectivity index (χ1v) is 15.9. The van der Waals surface area contributed by atoms with E-state index >= 15 is 0 Å². The number of allylic oxidation sites excluding steroid dienone is 2. The van der Waals surface area contributed by atoms with E-state index in [-0.39, 0.29) is 17.6 Å². The molecular formula is C36H48N2O5. The van der Waals surface area contributed by atoms with E-state index in [1.165, 1.54) is 5.57 Å². The highest BCUT2D eigenvalue weighted by atomic mass is 16.5. The molecule has 43 heavy (non-hydrogen) atoms. The zero-order valence-electron chi connectivity index (χ0n) is 26.3. The van der Waals surface area contributed by atoms with Gasteiger partial charge >= 0.3 is 0 Å². The van der Waals surface area contributed by atoms with Gasteiger partial charge in [0, 0.05) is 56.2 Å². The van der Waals surface area contributed by atoms with Crippen LogP contribution in [0, 0.1) is 5.41 Å². The molecular weight excluding hydrogens is 540 g/mol. The molecule has 1 amide bonds. The average Bonchev–Trinajstić information content (AvgIpc) is 3.24. The van der Waals surface area contributed by atoms with Gasteiger partial charge in [0.1, 0.15) is 5.75 Å². The number of amides is 1. The summed E-state index contributed by atoms with van der Waals surface area (Å²) >= 11 is 0. The number of hydrogen-bond donors (Lipinski definition) is 2. The van der Waals surface area contributed by atoms with Crippen molar-refractivity contribution in [1.82, 2.24) is 9.80 Å². The summed E-state index contributed by atoms with van der Waals surface area (Å²) in [5.74, 6) is 0.743. The number of benzene rings is 2. The predicted octanol–water partition coefficient (Wildman–Crippen LogP) is 5.13. The second-order valence-corrected chi connectivity index (χ2v) is 13.3. The number of nitrogens with zero attached hydrogens (tertiary/aromatic N) is 2. The average molecular weight is 589 g/mol. The molecule has 6 rings (SSSR count). The van der Waals surface area contributed by atoms with Crippen molar-refractivity contribution in [2.75, 3.05) is 39.8 Å². The van der Waals surface area contributed by atoms with E-state index in [1.54, 1.807) is 14.0 Å². The Kier molecular flexibility index (Phi) is 9.45. The largest absolute Gasteiger partial charge is 0.497 e. The third-order valence-corrected chi connectivity index (χ3v) is 10.6. The van der Waals surface area contributed by atoms with Gasteiger partial charge in [-0.3, -0.25) is 14.5 Å². The van der Waals surface area contributed by atoms with Crippen LogP contribution in [-0.4, -0.2) is 83.2 Å². The number of piperazine rings is 1. The monoisotopic (exact) mass is 588 g/mol. The van der Waals surface area contributed by atoms with Gasteiger partial charge in [-0.2, -0.15) is 0 Å². The molecule has 4 atom stereocenters. The van der Waals surface area contributed by atoms with E-state index in [4.69, 9.17) is 4.74 Å². The molecule has 2 aromatic carbocycles. The molecule has 0 radical (unpaired) electrons. The summed E-state index contributed by atoms with van der Waals surface area (Å²) in [4.78, 5) is 30.3. The summed E-state index contributed by atoms with van der Waals surface area (Å²) in [6, 6.07) is 13.4. The fourth-order valence-corrected chi connectivity index (χ4v) is 7.69. The third-order valence-electron chi connectivity index (χ3n) is 10.6. The van der Waals surface area contributed by atoms with Gasteiger partial charge in [0.25, 0.3) is 0 Å². The summed E-state index contributed by atoms with van der Waals surface area (Å²) in [6.07, 6.45) is 6.84. The second-order valence-electron chi connectivity index (χ2n) is 13.3. The van der Waals surface area contributed by atoms with Crippen molar-refractivity contribution < 1.29 is 24.5 Å². The second kappa shape index (κ2) is 12.9. The number of carbonyl (C=O) groups excluding carboxylic acids is 2. The molecule has 232 valence electrons. The Morgan fingerprint density at radius 3 is 2.42 bits per heavy atom. The van der Waals surface area contributed by atoms with Gasteiger partial charge in [0.15, 0.2) is 5.78 Å². The van der Waals surface area contributed by atoms with Crippen LogP contribution in [0.25, 0.3) is 0 Å². The maximum absolute atomic E-state index is 14.2. The molecule has 2 aromatic rings. The van der Waals surface area contributed by atoms with Gasteiger partial charge in [0.2, 0.25) is 5.91 Å². The van der Waals surface area contributed by atoms with Crippen LogP contribution in [0.4, 0.5) is 0 Å². The quantitative estimate of drug-likeness (QED) is 0.372. The molecule has 0 aromatic heterocycles. The molecule has 1 saturated heterocycles. The van der Waals surface area contributed by atoms with Crippen molar-refractivity contribution in [3.8, 4) is 5.75 Å². The Morgan fingerprint density at radius 1 is 1.02 bits per heavy atom. The SMILES string of the molecule is COc1ccc(C(=O)c2cc3ccc2C2CCC(O)(CN4CCN(C(C)=O)CC4)C2(C)CCC=C(C)CCC(O)C3)cc1. The summed E-state index contributed by atoms with van der Waals surface area (Å²) in [6.45, 7) is 9.40. The molecule has 0 spiro atoms. The molecule has 1 aliphatic heterocycles. The van der Waals surface area contributed by atoms with Crippen LogP contribution in [0.3, 0.4) is 0 Å². The number of carbonyl (C=O) groups is 2. The van der Waals surface area contributed by atoms with Crippen LogP contribution in [0.2, 0.25) is 0 Å². The zero-order valence-corrected chi connectivity index (χ0v) is 26.3. The van der Waals surface area contributed by atoms with Gasteiger partial charge in [-0.1, -0.05) is 30.7 Å². The number of methoxy groups -OCH3 is 1. The first-order chi connectivity index (χ1) is 20.5. The van der Waals surface area contributed by atoms with Crippen molar-refractivity contribution in [2.45, 2.75) is 83.3 Å². The molecule has 3 aliphatic carbocycles. The molecule has 4 unspecified atom stereocenters. The van der Waals surface area contributed by atoms with E-state index in [2.05, 4.69) is 37.0 Å². The van der Waals surface area contributed by atoms with Crippen molar-refractivity contribution in [3.05, 3.63) is 76.4 Å². The summed E-state index contributed by atoms with van der Waals surface area (Å²) in [7, 11) is 1.61. The third kappa shape index (κ3) is 6.59. The lowest BCUT2D eigenvalue weighted by Gasteiger charge is -2.47. The number of ether oxygens (including phenoxy) is 1. The fourth-order valence-electron chi connectivity index (χ4n) is 7.69. The number of ketones is 1. The summed E-state index contributed by atoms with van der Waals surface area (Å²) < 4.78 is 5.32. The minimum atomic E-state index is -0.940. The van der Waals surface area contributed by atoms with Crippen molar-refractivity contribution in [3.63, 3.8) is 0 Å². The lowest BCUT2D eigenvalue weighted by Crippen LogP contribution is -2.57. The molecule has 1 saturated carbocycles. The maximum Gasteiger partial charge on any atom is 0.219 e. The van der Waals surface area contributed by atoms with Gasteiger partial charge in [-0.05, 0) is 99.2 Å². The first-order valence-electron chi connectivity index (χ1n) is 15.9. The highest BCUT2D eigenvalue weighted by molar-refractivity contribution is 6.10. The predicted molar refractivity (Wildman–Crippen MR) is 169 cm³/mol. The molecule has 2 fully saturated rings. The lowest BCUT2D eigenvalue weighted by molar-refractivity contribution is -0.132. The number of aliphatic hydroxyl groups excluding tert-OH is 1. The number of rotatable bonds is 5. The Bertz CT molecular complexity index is 1350. The smallest absolute Gasteiger partial charge is 0.219 e. The van der Waals surface area contributed by atoms with Gasteiger partial charge in [-0.25, -0.2) is 0 Å². The Morgan fingerprint density at radius 2 is 1.74 bits per heavy atom. The summed E-state index contributed by atoms with van der Waals surface area (Å²) in [5, 5.41) is 23.4. The molecule has 7 heteroatoms. The van der Waals surface area contributed by atoms with Gasteiger partial charge in [-0.15, -0.1) is 0 Å². The van der Waals surface area contributed by atoms with E-state index in [1.807, 2.05) is 35.2 Å². The number of aliphatic hydroxyl groups is 2. The van der Waals surface area contributed by atoms with E-state index in [9.17, 15) is 19.8 Å². The Labute approximate surface area is 256 Å². The van der Waals surface area contributed by atoms with Crippen LogP contribution >= 0.6 is 0 Å². The Balaban J connectivity index is 1.54. The maximum atomic E-state index is 14.2. The Hall–Kier alpha value is -3.00. The highest BCUT2D eigenvalue weighted by Crippen LogP contribution is 2.58.